The van der Waals surface area contributed by atoms with Crippen molar-refractivity contribution in [2.45, 2.75) is 27.3 Å². The first-order chi connectivity index (χ1) is 9.20. The Kier molecular flexibility index (Phi) is 5.84. The van der Waals surface area contributed by atoms with Crippen molar-refractivity contribution in [1.29, 1.82) is 0 Å². The van der Waals surface area contributed by atoms with Gasteiger partial charge in [-0.2, -0.15) is 0 Å². The van der Waals surface area contributed by atoms with Crippen molar-refractivity contribution in [3.63, 3.8) is 0 Å². The van der Waals surface area contributed by atoms with E-state index in [0.29, 0.717) is 16.6 Å². The minimum atomic E-state index is -0.514. The summed E-state index contributed by atoms with van der Waals surface area (Å²) >= 11 is 11.8. The first-order valence-electron chi connectivity index (χ1n) is 6.19. The maximum Gasteiger partial charge on any atom is 0.239 e. The second-order valence-electron chi connectivity index (χ2n) is 5.45. The van der Waals surface area contributed by atoms with Gasteiger partial charge in [-0.3, -0.25) is 9.59 Å². The highest BCUT2D eigenvalue weighted by atomic mass is 35.5. The summed E-state index contributed by atoms with van der Waals surface area (Å²) in [6, 6.07) is 5.07. The lowest BCUT2D eigenvalue weighted by molar-refractivity contribution is -0.131. The smallest absolute Gasteiger partial charge is 0.239 e. The molecule has 4 nitrogen and oxygen atoms in total. The molecule has 20 heavy (non-hydrogen) atoms. The summed E-state index contributed by atoms with van der Waals surface area (Å²) < 4.78 is 0. The Labute approximate surface area is 128 Å². The van der Waals surface area contributed by atoms with E-state index in [4.69, 9.17) is 23.2 Å². The molecule has 2 amide bonds. The zero-order valence-electron chi connectivity index (χ0n) is 11.7. The predicted molar refractivity (Wildman–Crippen MR) is 80.8 cm³/mol. The number of carbonyl (C=O) groups is 2. The van der Waals surface area contributed by atoms with Gasteiger partial charge in [0.15, 0.2) is 0 Å². The summed E-state index contributed by atoms with van der Waals surface area (Å²) in [4.78, 5) is 23.2. The number of nitrogens with one attached hydrogen (secondary N) is 2. The van der Waals surface area contributed by atoms with Gasteiger partial charge in [-0.15, -0.1) is 0 Å². The molecular formula is C14H18Cl2N2O2. The minimum Gasteiger partial charge on any atom is -0.350 e. The van der Waals surface area contributed by atoms with Gasteiger partial charge < -0.3 is 10.6 Å². The molecular weight excluding hydrogens is 299 g/mol. The number of benzene rings is 1. The lowest BCUT2D eigenvalue weighted by atomic mass is 9.96. The largest absolute Gasteiger partial charge is 0.350 e. The first kappa shape index (κ1) is 16.8. The summed E-state index contributed by atoms with van der Waals surface area (Å²) in [7, 11) is 0. The monoisotopic (exact) mass is 316 g/mol. The summed E-state index contributed by atoms with van der Waals surface area (Å²) in [5.41, 5.74) is 0.256. The highest BCUT2D eigenvalue weighted by Crippen LogP contribution is 2.20. The van der Waals surface area contributed by atoms with Crippen LogP contribution >= 0.6 is 23.2 Å². The van der Waals surface area contributed by atoms with Crippen molar-refractivity contribution in [2.24, 2.45) is 5.41 Å². The number of hydrogen-bond donors (Lipinski definition) is 2. The fraction of sp³-hybridized carbons (Fsp3) is 0.429. The van der Waals surface area contributed by atoms with E-state index in [0.717, 1.165) is 5.56 Å². The molecule has 1 aromatic carbocycles. The molecule has 6 heteroatoms. The van der Waals surface area contributed by atoms with E-state index in [2.05, 4.69) is 10.6 Å². The van der Waals surface area contributed by atoms with Crippen molar-refractivity contribution < 1.29 is 9.59 Å². The molecule has 0 spiro atoms. The number of hydrogen-bond acceptors (Lipinski definition) is 2. The Morgan fingerprint density at radius 2 is 1.80 bits per heavy atom. The molecule has 0 saturated carbocycles. The molecule has 1 rings (SSSR count). The Morgan fingerprint density at radius 3 is 2.35 bits per heavy atom. The Balaban J connectivity index is 2.42. The van der Waals surface area contributed by atoms with Crippen LogP contribution in [0.1, 0.15) is 26.3 Å². The van der Waals surface area contributed by atoms with Crippen LogP contribution in [0.15, 0.2) is 18.2 Å². The van der Waals surface area contributed by atoms with Crippen LogP contribution in [-0.4, -0.2) is 18.4 Å². The van der Waals surface area contributed by atoms with Crippen LogP contribution in [0.3, 0.4) is 0 Å². The van der Waals surface area contributed by atoms with Crippen LogP contribution in [0.2, 0.25) is 10.0 Å². The lowest BCUT2D eigenvalue weighted by Crippen LogP contribution is -2.41. The summed E-state index contributed by atoms with van der Waals surface area (Å²) in [5, 5.41) is 6.30. The second-order valence-corrected chi connectivity index (χ2v) is 6.29. The molecule has 0 bridgehead atoms. The molecule has 0 fully saturated rings. The van der Waals surface area contributed by atoms with Crippen LogP contribution in [-0.2, 0) is 16.1 Å². The predicted octanol–water partition coefficient (Wildman–Crippen LogP) is 2.77. The summed E-state index contributed by atoms with van der Waals surface area (Å²) in [6.07, 6.45) is 0. The van der Waals surface area contributed by atoms with E-state index in [-0.39, 0.29) is 18.4 Å². The van der Waals surface area contributed by atoms with E-state index in [9.17, 15) is 9.59 Å². The summed E-state index contributed by atoms with van der Waals surface area (Å²) in [5.74, 6) is -0.439. The average molecular weight is 317 g/mol. The number of carbonyl (C=O) groups excluding carboxylic acids is 2. The van der Waals surface area contributed by atoms with Crippen molar-refractivity contribution >= 4 is 35.0 Å². The molecule has 0 unspecified atom stereocenters. The number of halogens is 2. The van der Waals surface area contributed by atoms with Crippen LogP contribution in [0.25, 0.3) is 0 Å². The van der Waals surface area contributed by atoms with Gasteiger partial charge in [0.2, 0.25) is 11.8 Å². The minimum absolute atomic E-state index is 0.0543. The summed E-state index contributed by atoms with van der Waals surface area (Å²) in [6.45, 7) is 5.59. The van der Waals surface area contributed by atoms with Crippen molar-refractivity contribution in [1.82, 2.24) is 10.6 Å². The standard InChI is InChI=1S/C14H18Cl2N2O2/c1-14(2,3)13(20)18-8-12(19)17-7-9-4-5-10(15)6-11(9)16/h4-6H,7-8H2,1-3H3,(H,17,19)(H,18,20). The Bertz CT molecular complexity index is 510. The van der Waals surface area contributed by atoms with Gasteiger partial charge in [0, 0.05) is 22.0 Å². The zero-order chi connectivity index (χ0) is 15.3. The molecule has 0 aliphatic carbocycles. The highest BCUT2D eigenvalue weighted by Gasteiger charge is 2.21. The molecule has 110 valence electrons. The molecule has 0 aliphatic rings. The SMILES string of the molecule is CC(C)(C)C(=O)NCC(=O)NCc1ccc(Cl)cc1Cl. The maximum atomic E-state index is 11.6. The molecule has 0 aliphatic heterocycles. The molecule has 0 radical (unpaired) electrons. The van der Waals surface area contributed by atoms with E-state index in [1.54, 1.807) is 39.0 Å². The third kappa shape index (κ3) is 5.39. The van der Waals surface area contributed by atoms with E-state index in [1.165, 1.54) is 0 Å². The normalized spacial score (nSPS) is 11.1. The van der Waals surface area contributed by atoms with Gasteiger partial charge >= 0.3 is 0 Å². The van der Waals surface area contributed by atoms with E-state index >= 15 is 0 Å². The van der Waals surface area contributed by atoms with Crippen LogP contribution in [0, 0.1) is 5.41 Å². The topological polar surface area (TPSA) is 58.2 Å². The number of rotatable bonds is 4. The van der Waals surface area contributed by atoms with Crippen LogP contribution < -0.4 is 10.6 Å². The second kappa shape index (κ2) is 6.95. The van der Waals surface area contributed by atoms with Crippen molar-refractivity contribution in [3.05, 3.63) is 33.8 Å². The Morgan fingerprint density at radius 1 is 1.15 bits per heavy atom. The third-order valence-corrected chi connectivity index (χ3v) is 3.17. The van der Waals surface area contributed by atoms with Crippen molar-refractivity contribution in [3.8, 4) is 0 Å². The average Bonchev–Trinajstić information content (AvgIpc) is 2.33. The van der Waals surface area contributed by atoms with E-state index in [1.807, 2.05) is 0 Å². The molecule has 2 N–H and O–H groups in total. The van der Waals surface area contributed by atoms with Gasteiger partial charge in [-0.05, 0) is 17.7 Å². The molecule has 0 heterocycles. The van der Waals surface area contributed by atoms with Gasteiger partial charge in [0.1, 0.15) is 0 Å². The molecule has 0 saturated heterocycles. The van der Waals surface area contributed by atoms with Crippen LogP contribution in [0.4, 0.5) is 0 Å². The molecule has 1 aromatic rings. The third-order valence-electron chi connectivity index (χ3n) is 2.58. The van der Waals surface area contributed by atoms with E-state index < -0.39 is 5.41 Å². The van der Waals surface area contributed by atoms with Gasteiger partial charge in [-0.1, -0.05) is 50.0 Å². The van der Waals surface area contributed by atoms with Gasteiger partial charge in [-0.25, -0.2) is 0 Å². The van der Waals surface area contributed by atoms with Crippen LogP contribution in [0.5, 0.6) is 0 Å². The molecule has 0 atom stereocenters. The first-order valence-corrected chi connectivity index (χ1v) is 6.94. The van der Waals surface area contributed by atoms with Gasteiger partial charge in [0.25, 0.3) is 0 Å². The van der Waals surface area contributed by atoms with Gasteiger partial charge in [0.05, 0.1) is 6.54 Å². The fourth-order valence-electron chi connectivity index (χ4n) is 1.35. The molecule has 0 aromatic heterocycles. The quantitative estimate of drug-likeness (QED) is 0.897. The number of amides is 2. The fourth-order valence-corrected chi connectivity index (χ4v) is 1.82. The highest BCUT2D eigenvalue weighted by molar-refractivity contribution is 6.35. The Hall–Kier alpha value is -1.26. The lowest BCUT2D eigenvalue weighted by Gasteiger charge is -2.17. The van der Waals surface area contributed by atoms with Crippen molar-refractivity contribution in [2.75, 3.05) is 6.54 Å². The maximum absolute atomic E-state index is 11.6. The zero-order valence-corrected chi connectivity index (χ0v) is 13.2.